The Morgan fingerprint density at radius 3 is 2.61 bits per heavy atom. The lowest BCUT2D eigenvalue weighted by atomic mass is 9.83. The number of nitrogens with zero attached hydrogens (tertiary/aromatic N) is 4. The van der Waals surface area contributed by atoms with Gasteiger partial charge in [0, 0.05) is 49.6 Å². The lowest BCUT2D eigenvalue weighted by molar-refractivity contribution is 0.122. The van der Waals surface area contributed by atoms with E-state index in [2.05, 4.69) is 45.0 Å². The van der Waals surface area contributed by atoms with Gasteiger partial charge in [0.1, 0.15) is 11.3 Å². The van der Waals surface area contributed by atoms with Gasteiger partial charge in [0.05, 0.1) is 24.8 Å². The molecule has 1 aliphatic heterocycles. The summed E-state index contributed by atoms with van der Waals surface area (Å²) in [6.07, 6.45) is 13.3. The van der Waals surface area contributed by atoms with Crippen LogP contribution in [-0.4, -0.2) is 47.4 Å². The zero-order valence-electron chi connectivity index (χ0n) is 18.2. The van der Waals surface area contributed by atoms with Crippen LogP contribution in [0.2, 0.25) is 0 Å². The number of pyridine rings is 1. The highest BCUT2D eigenvalue weighted by Crippen LogP contribution is 2.34. The van der Waals surface area contributed by atoms with E-state index in [0.717, 1.165) is 68.0 Å². The van der Waals surface area contributed by atoms with Crippen LogP contribution < -0.4 is 9.64 Å². The van der Waals surface area contributed by atoms with Crippen molar-refractivity contribution < 1.29 is 9.47 Å². The summed E-state index contributed by atoms with van der Waals surface area (Å²) < 4.78 is 12.1. The maximum atomic E-state index is 6.54. The summed E-state index contributed by atoms with van der Waals surface area (Å²) in [5, 5.41) is 0. The fraction of sp³-hybridized carbons (Fsp3) is 0.480. The molecule has 1 saturated carbocycles. The summed E-state index contributed by atoms with van der Waals surface area (Å²) in [5.74, 6) is 1.57. The predicted molar refractivity (Wildman–Crippen MR) is 122 cm³/mol. The number of ether oxygens (including phenoxy) is 2. The highest BCUT2D eigenvalue weighted by atomic mass is 16.5. The minimum absolute atomic E-state index is 0.233. The molecule has 0 atom stereocenters. The van der Waals surface area contributed by atoms with Crippen LogP contribution in [-0.2, 0) is 11.2 Å². The summed E-state index contributed by atoms with van der Waals surface area (Å²) in [4.78, 5) is 15.8. The molecule has 162 valence electrons. The molecule has 3 aromatic rings. The Balaban J connectivity index is 1.28. The average Bonchev–Trinajstić information content (AvgIpc) is 2.81. The van der Waals surface area contributed by atoms with E-state index in [1.54, 1.807) is 12.4 Å². The monoisotopic (exact) mass is 418 g/mol. The molecule has 1 aromatic carbocycles. The molecule has 0 N–H and O–H groups in total. The van der Waals surface area contributed by atoms with E-state index < -0.39 is 0 Å². The van der Waals surface area contributed by atoms with Crippen molar-refractivity contribution in [3.05, 3.63) is 54.1 Å². The number of hydrogen-bond donors (Lipinski definition) is 0. The molecule has 3 heterocycles. The van der Waals surface area contributed by atoms with Gasteiger partial charge in [-0.1, -0.05) is 6.07 Å². The molecule has 1 aliphatic carbocycles. The molecule has 0 amide bonds. The molecule has 6 nitrogen and oxygen atoms in total. The minimum Gasteiger partial charge on any atom is -0.488 e. The molecule has 5 rings (SSSR count). The summed E-state index contributed by atoms with van der Waals surface area (Å²) in [6.45, 7) is 5.41. The van der Waals surface area contributed by atoms with Gasteiger partial charge in [-0.15, -0.1) is 0 Å². The number of morpholine rings is 1. The minimum atomic E-state index is 0.233. The smallest absolute Gasteiger partial charge is 0.149 e. The molecule has 2 aliphatic rings. The molecular weight excluding hydrogens is 388 g/mol. The quantitative estimate of drug-likeness (QED) is 0.614. The molecule has 6 heteroatoms. The maximum Gasteiger partial charge on any atom is 0.149 e. The van der Waals surface area contributed by atoms with Crippen molar-refractivity contribution in [1.82, 2.24) is 15.0 Å². The molecule has 0 bridgehead atoms. The third kappa shape index (κ3) is 4.79. The normalized spacial score (nSPS) is 21.9. The Morgan fingerprint density at radius 2 is 1.81 bits per heavy atom. The Bertz CT molecular complexity index is 1030. The lowest BCUT2D eigenvalue weighted by Gasteiger charge is -2.31. The van der Waals surface area contributed by atoms with Crippen LogP contribution in [0.25, 0.3) is 11.0 Å². The Kier molecular flexibility index (Phi) is 5.98. The molecule has 31 heavy (non-hydrogen) atoms. The predicted octanol–water partition coefficient (Wildman–Crippen LogP) is 4.35. The van der Waals surface area contributed by atoms with Crippen molar-refractivity contribution in [2.75, 3.05) is 31.2 Å². The van der Waals surface area contributed by atoms with Crippen molar-refractivity contribution in [3.8, 4) is 5.75 Å². The van der Waals surface area contributed by atoms with Gasteiger partial charge < -0.3 is 14.4 Å². The Hall–Kier alpha value is -2.73. The van der Waals surface area contributed by atoms with Gasteiger partial charge in [-0.25, -0.2) is 4.98 Å². The first-order chi connectivity index (χ1) is 15.2. The molecule has 2 aromatic heterocycles. The summed E-state index contributed by atoms with van der Waals surface area (Å²) in [7, 11) is 0. The fourth-order valence-electron chi connectivity index (χ4n) is 4.82. The van der Waals surface area contributed by atoms with E-state index in [-0.39, 0.29) is 6.10 Å². The summed E-state index contributed by atoms with van der Waals surface area (Å²) in [5.41, 5.74) is 5.48. The second-order valence-electron chi connectivity index (χ2n) is 8.80. The van der Waals surface area contributed by atoms with Crippen molar-refractivity contribution in [2.24, 2.45) is 5.92 Å². The van der Waals surface area contributed by atoms with E-state index in [1.165, 1.54) is 24.0 Å². The first-order valence-corrected chi connectivity index (χ1v) is 11.4. The average molecular weight is 419 g/mol. The van der Waals surface area contributed by atoms with E-state index in [4.69, 9.17) is 9.47 Å². The van der Waals surface area contributed by atoms with Crippen molar-refractivity contribution in [1.29, 1.82) is 0 Å². The summed E-state index contributed by atoms with van der Waals surface area (Å²) in [6, 6.07) is 6.53. The van der Waals surface area contributed by atoms with Gasteiger partial charge in [-0.2, -0.15) is 0 Å². The SMILES string of the molecule is Cc1cncc(CC2CCC(Oc3cc(N4CCOCC4)cc4nccnc34)CC2)c1. The van der Waals surface area contributed by atoms with E-state index in [9.17, 15) is 0 Å². The lowest BCUT2D eigenvalue weighted by Crippen LogP contribution is -2.36. The third-order valence-electron chi connectivity index (χ3n) is 6.44. The Labute approximate surface area is 183 Å². The number of aromatic nitrogens is 3. The number of hydrogen-bond acceptors (Lipinski definition) is 6. The van der Waals surface area contributed by atoms with Gasteiger partial charge in [-0.05, 0) is 62.1 Å². The highest BCUT2D eigenvalue weighted by molar-refractivity contribution is 5.85. The van der Waals surface area contributed by atoms with Crippen LogP contribution in [0.15, 0.2) is 43.0 Å². The topological polar surface area (TPSA) is 60.4 Å². The Morgan fingerprint density at radius 1 is 1.00 bits per heavy atom. The first-order valence-electron chi connectivity index (χ1n) is 11.4. The molecule has 0 unspecified atom stereocenters. The molecule has 1 saturated heterocycles. The van der Waals surface area contributed by atoms with Crippen LogP contribution in [0.1, 0.15) is 36.8 Å². The largest absolute Gasteiger partial charge is 0.488 e. The number of rotatable bonds is 5. The van der Waals surface area contributed by atoms with Crippen LogP contribution in [0.3, 0.4) is 0 Å². The van der Waals surface area contributed by atoms with Crippen LogP contribution in [0.4, 0.5) is 5.69 Å². The molecule has 2 fully saturated rings. The van der Waals surface area contributed by atoms with Crippen LogP contribution >= 0.6 is 0 Å². The second kappa shape index (κ2) is 9.18. The fourth-order valence-corrected chi connectivity index (χ4v) is 4.82. The number of fused-ring (bicyclic) bond motifs is 1. The zero-order chi connectivity index (χ0) is 21.0. The molecule has 0 radical (unpaired) electrons. The van der Waals surface area contributed by atoms with E-state index in [1.807, 2.05) is 12.4 Å². The molecule has 0 spiro atoms. The standard InChI is InChI=1S/C25H30N4O2/c1-18-12-20(17-26-16-18)13-19-2-4-22(5-3-19)31-24-15-21(29-8-10-30-11-9-29)14-23-25(24)28-7-6-27-23/h6-7,12,14-17,19,22H,2-5,8-11,13H2,1H3. The van der Waals surface area contributed by atoms with Crippen molar-refractivity contribution in [3.63, 3.8) is 0 Å². The number of aryl methyl sites for hydroxylation is 1. The van der Waals surface area contributed by atoms with Gasteiger partial charge in [0.15, 0.2) is 0 Å². The van der Waals surface area contributed by atoms with Gasteiger partial charge >= 0.3 is 0 Å². The van der Waals surface area contributed by atoms with Crippen LogP contribution in [0, 0.1) is 12.8 Å². The molecular formula is C25H30N4O2. The zero-order valence-corrected chi connectivity index (χ0v) is 18.2. The second-order valence-corrected chi connectivity index (χ2v) is 8.80. The van der Waals surface area contributed by atoms with E-state index >= 15 is 0 Å². The first kappa shape index (κ1) is 20.2. The van der Waals surface area contributed by atoms with Gasteiger partial charge in [0.25, 0.3) is 0 Å². The van der Waals surface area contributed by atoms with Gasteiger partial charge in [-0.3, -0.25) is 9.97 Å². The van der Waals surface area contributed by atoms with Crippen molar-refractivity contribution in [2.45, 2.75) is 45.1 Å². The van der Waals surface area contributed by atoms with Crippen molar-refractivity contribution >= 4 is 16.7 Å². The maximum absolute atomic E-state index is 6.54. The third-order valence-corrected chi connectivity index (χ3v) is 6.44. The number of benzene rings is 1. The summed E-state index contributed by atoms with van der Waals surface area (Å²) >= 11 is 0. The highest BCUT2D eigenvalue weighted by Gasteiger charge is 2.24. The number of anilines is 1. The van der Waals surface area contributed by atoms with Gasteiger partial charge in [0.2, 0.25) is 0 Å². The van der Waals surface area contributed by atoms with E-state index in [0.29, 0.717) is 5.92 Å². The van der Waals surface area contributed by atoms with Crippen LogP contribution in [0.5, 0.6) is 5.75 Å².